The number of furan rings is 1. The molecule has 12 aromatic carbocycles. The number of para-hydroxylation sites is 5. The summed E-state index contributed by atoms with van der Waals surface area (Å²) in [5, 5.41) is 9.27. The Morgan fingerprint density at radius 3 is 1.61 bits per heavy atom. The smallest absolute Gasteiger partial charge is 0.159 e. The number of nitrogens with zero attached hydrogens (tertiary/aromatic N) is 2. The second kappa shape index (κ2) is 16.2. The molecule has 1 aliphatic heterocycles. The van der Waals surface area contributed by atoms with Gasteiger partial charge in [-0.05, 0) is 134 Å². The molecular weight excluding hydrogens is 853 g/mol. The lowest BCUT2D eigenvalue weighted by Crippen LogP contribution is -2.12. The number of anilines is 6. The van der Waals surface area contributed by atoms with Gasteiger partial charge in [0.15, 0.2) is 5.58 Å². The summed E-state index contributed by atoms with van der Waals surface area (Å²) >= 11 is 0. The van der Waals surface area contributed by atoms with Crippen molar-refractivity contribution in [2.24, 2.45) is 0 Å². The van der Waals surface area contributed by atoms with Gasteiger partial charge in [-0.15, -0.1) is 0 Å². The van der Waals surface area contributed by atoms with E-state index >= 15 is 0 Å². The van der Waals surface area contributed by atoms with E-state index in [2.05, 4.69) is 252 Å². The highest BCUT2D eigenvalue weighted by Crippen LogP contribution is 2.53. The van der Waals surface area contributed by atoms with Crippen molar-refractivity contribution < 1.29 is 9.15 Å². The first kappa shape index (κ1) is 39.8. The number of rotatable bonds is 8. The van der Waals surface area contributed by atoms with Crippen LogP contribution in [-0.2, 0) is 0 Å². The van der Waals surface area contributed by atoms with Crippen LogP contribution in [0.2, 0.25) is 0 Å². The van der Waals surface area contributed by atoms with Crippen LogP contribution in [0.15, 0.2) is 259 Å². The Morgan fingerprint density at radius 1 is 0.271 bits per heavy atom. The molecule has 0 unspecified atom stereocenters. The van der Waals surface area contributed by atoms with E-state index in [4.69, 9.17) is 9.15 Å². The molecule has 0 atom stereocenters. The van der Waals surface area contributed by atoms with Crippen LogP contribution in [0.1, 0.15) is 0 Å². The van der Waals surface area contributed by atoms with E-state index < -0.39 is 0 Å². The molecule has 0 radical (unpaired) electrons. The molecule has 14 rings (SSSR count). The molecule has 4 heteroatoms. The maximum absolute atomic E-state index is 7.07. The van der Waals surface area contributed by atoms with Crippen LogP contribution in [0, 0.1) is 0 Å². The first-order valence-corrected chi connectivity index (χ1v) is 23.8. The highest BCUT2D eigenvalue weighted by Gasteiger charge is 2.27. The molecule has 1 aromatic heterocycles. The van der Waals surface area contributed by atoms with Crippen molar-refractivity contribution in [1.29, 1.82) is 0 Å². The van der Waals surface area contributed by atoms with Gasteiger partial charge in [-0.2, -0.15) is 0 Å². The minimum absolute atomic E-state index is 0.803. The van der Waals surface area contributed by atoms with Crippen molar-refractivity contribution in [2.45, 2.75) is 0 Å². The SMILES string of the molecule is c1ccc(-c2ccccc2N(c2ccc3c(c2)Oc2cccc4c2c-3cc2c3ccccc3c(-c3ccc(N(c5ccccc5)c5ccccc5)cc3)cc42)c2cccc3c2oc2ccccc23)cc1. The van der Waals surface area contributed by atoms with Gasteiger partial charge in [-0.1, -0.05) is 164 Å². The second-order valence-electron chi connectivity index (χ2n) is 18.0. The van der Waals surface area contributed by atoms with E-state index in [1.807, 2.05) is 12.1 Å². The predicted octanol–water partition coefficient (Wildman–Crippen LogP) is 19.1. The third kappa shape index (κ3) is 6.38. The molecule has 0 bridgehead atoms. The quantitative estimate of drug-likeness (QED) is 0.142. The zero-order valence-electron chi connectivity index (χ0n) is 38.0. The van der Waals surface area contributed by atoms with Gasteiger partial charge in [-0.25, -0.2) is 0 Å². The molecule has 0 N–H and O–H groups in total. The number of fused-ring (bicyclic) bond motifs is 9. The number of benzene rings is 12. The Balaban J connectivity index is 0.926. The molecule has 0 spiro atoms. The molecule has 0 amide bonds. The number of hydrogen-bond donors (Lipinski definition) is 0. The van der Waals surface area contributed by atoms with Crippen molar-refractivity contribution >= 4 is 88.4 Å². The van der Waals surface area contributed by atoms with E-state index in [1.165, 1.54) is 27.1 Å². The van der Waals surface area contributed by atoms with Crippen molar-refractivity contribution in [2.75, 3.05) is 9.80 Å². The zero-order chi connectivity index (χ0) is 46.1. The molecule has 13 aromatic rings. The molecule has 0 saturated carbocycles. The van der Waals surface area contributed by atoms with Gasteiger partial charge in [0.2, 0.25) is 0 Å². The summed E-state index contributed by atoms with van der Waals surface area (Å²) in [5.41, 5.74) is 14.8. The maximum Gasteiger partial charge on any atom is 0.159 e. The van der Waals surface area contributed by atoms with Gasteiger partial charge in [0.25, 0.3) is 0 Å². The van der Waals surface area contributed by atoms with Gasteiger partial charge in [0, 0.05) is 50.4 Å². The second-order valence-corrected chi connectivity index (χ2v) is 18.0. The third-order valence-electron chi connectivity index (χ3n) is 14.0. The summed E-state index contributed by atoms with van der Waals surface area (Å²) in [5.74, 6) is 1.65. The van der Waals surface area contributed by atoms with Crippen LogP contribution in [-0.4, -0.2) is 0 Å². The number of hydrogen-bond acceptors (Lipinski definition) is 4. The first-order chi connectivity index (χ1) is 34.7. The Kier molecular flexibility index (Phi) is 9.17. The van der Waals surface area contributed by atoms with Crippen molar-refractivity contribution in [1.82, 2.24) is 0 Å². The lowest BCUT2D eigenvalue weighted by molar-refractivity contribution is 0.487. The molecule has 2 heterocycles. The Hall–Kier alpha value is -9.38. The summed E-state index contributed by atoms with van der Waals surface area (Å²) < 4.78 is 13.8. The minimum Gasteiger partial charge on any atom is -0.456 e. The molecule has 0 saturated heterocycles. The van der Waals surface area contributed by atoms with Crippen LogP contribution in [0.25, 0.3) is 87.6 Å². The van der Waals surface area contributed by atoms with Gasteiger partial charge < -0.3 is 19.0 Å². The van der Waals surface area contributed by atoms with Gasteiger partial charge in [-0.3, -0.25) is 0 Å². The number of ether oxygens (including phenoxy) is 1. The molecule has 0 fully saturated rings. The molecule has 328 valence electrons. The highest BCUT2D eigenvalue weighted by atomic mass is 16.5. The van der Waals surface area contributed by atoms with Gasteiger partial charge in [0.1, 0.15) is 17.1 Å². The fraction of sp³-hybridized carbons (Fsp3) is 0. The first-order valence-electron chi connectivity index (χ1n) is 23.8. The zero-order valence-corrected chi connectivity index (χ0v) is 38.0. The fourth-order valence-corrected chi connectivity index (χ4v) is 10.9. The fourth-order valence-electron chi connectivity index (χ4n) is 10.9. The normalized spacial score (nSPS) is 11.8. The van der Waals surface area contributed by atoms with Crippen molar-refractivity contribution in [3.63, 3.8) is 0 Å². The van der Waals surface area contributed by atoms with Crippen LogP contribution >= 0.6 is 0 Å². The van der Waals surface area contributed by atoms with E-state index in [1.54, 1.807) is 0 Å². The van der Waals surface area contributed by atoms with E-state index in [0.29, 0.717) is 0 Å². The van der Waals surface area contributed by atoms with Crippen LogP contribution < -0.4 is 14.5 Å². The highest BCUT2D eigenvalue weighted by molar-refractivity contribution is 6.25. The predicted molar refractivity (Wildman–Crippen MR) is 292 cm³/mol. The van der Waals surface area contributed by atoms with E-state index in [9.17, 15) is 0 Å². The largest absolute Gasteiger partial charge is 0.456 e. The van der Waals surface area contributed by atoms with Crippen molar-refractivity contribution in [3.05, 3.63) is 255 Å². The summed E-state index contributed by atoms with van der Waals surface area (Å²) in [6.45, 7) is 0. The average molecular weight is 895 g/mol. The Morgan fingerprint density at radius 2 is 0.829 bits per heavy atom. The Labute approximate surface area is 405 Å². The molecular formula is C66H42N2O2. The van der Waals surface area contributed by atoms with Crippen LogP contribution in [0.5, 0.6) is 11.5 Å². The molecule has 4 nitrogen and oxygen atoms in total. The van der Waals surface area contributed by atoms with Gasteiger partial charge in [0.05, 0.1) is 17.1 Å². The summed E-state index contributed by atoms with van der Waals surface area (Å²) in [6, 6.07) is 90.9. The monoisotopic (exact) mass is 894 g/mol. The summed E-state index contributed by atoms with van der Waals surface area (Å²) in [6.07, 6.45) is 0. The van der Waals surface area contributed by atoms with Crippen LogP contribution in [0.3, 0.4) is 0 Å². The lowest BCUT2D eigenvalue weighted by Gasteiger charge is -2.30. The molecule has 70 heavy (non-hydrogen) atoms. The summed E-state index contributed by atoms with van der Waals surface area (Å²) in [7, 11) is 0. The van der Waals surface area contributed by atoms with Gasteiger partial charge >= 0.3 is 0 Å². The topological polar surface area (TPSA) is 28.9 Å². The van der Waals surface area contributed by atoms with Crippen molar-refractivity contribution in [3.8, 4) is 44.9 Å². The van der Waals surface area contributed by atoms with Crippen LogP contribution in [0.4, 0.5) is 34.1 Å². The maximum atomic E-state index is 7.07. The minimum atomic E-state index is 0.803. The standard InChI is InChI=1S/C66H42N2O2/c1-4-18-43(19-5-1)49-24-12-14-30-60(49)68(61-31-16-29-55-52-27-13-15-32-62(52)70-66(55)61)48-38-39-53-59-42-57-51-26-11-10-25-50(51)56(41-58(57)54-28-17-33-63(65(54)59)69-64(53)40-48)44-34-36-47(37-35-44)67(45-20-6-2-7-21-45)46-22-8-3-9-23-46/h1-42H. The Bertz CT molecular complexity index is 4110. The molecule has 0 aliphatic carbocycles. The molecule has 1 aliphatic rings. The lowest BCUT2D eigenvalue weighted by atomic mass is 9.86. The van der Waals surface area contributed by atoms with E-state index in [-0.39, 0.29) is 0 Å². The van der Waals surface area contributed by atoms with E-state index in [0.717, 1.165) is 106 Å². The third-order valence-corrected chi connectivity index (χ3v) is 14.0. The average Bonchev–Trinajstić information content (AvgIpc) is 3.82. The summed E-state index contributed by atoms with van der Waals surface area (Å²) in [4.78, 5) is 4.63.